The minimum absolute atomic E-state index is 0.612. The Balaban J connectivity index is 2.41. The van der Waals surface area contributed by atoms with Gasteiger partial charge in [0, 0.05) is 0 Å². The molecule has 0 saturated carbocycles. The van der Waals surface area contributed by atoms with E-state index < -0.39 is 0 Å². The quantitative estimate of drug-likeness (QED) is 0.377. The molecule has 6 nitrogen and oxygen atoms in total. The summed E-state index contributed by atoms with van der Waals surface area (Å²) in [5.41, 5.74) is 2.67. The predicted molar refractivity (Wildman–Crippen MR) is 76.3 cm³/mol. The molecule has 0 aromatic heterocycles. The molecule has 0 radical (unpaired) electrons. The fraction of sp³-hybridized carbons (Fsp3) is 0. The molecule has 0 atom stereocenters. The van der Waals surface area contributed by atoms with Crippen LogP contribution in [0.1, 0.15) is 11.1 Å². The molecule has 0 aliphatic heterocycles. The van der Waals surface area contributed by atoms with E-state index in [1.165, 1.54) is 0 Å². The van der Waals surface area contributed by atoms with Crippen molar-refractivity contribution in [3.63, 3.8) is 0 Å². The summed E-state index contributed by atoms with van der Waals surface area (Å²) in [7, 11) is 0. The van der Waals surface area contributed by atoms with Crippen molar-refractivity contribution < 1.29 is 0 Å². The summed E-state index contributed by atoms with van der Waals surface area (Å²) in [4.78, 5) is 0. The third kappa shape index (κ3) is 3.17. The lowest BCUT2D eigenvalue weighted by Gasteiger charge is -1.97. The van der Waals surface area contributed by atoms with Gasteiger partial charge in [-0.2, -0.15) is 0 Å². The first kappa shape index (κ1) is 13.2. The van der Waals surface area contributed by atoms with Crippen LogP contribution in [-0.2, 0) is 0 Å². The maximum atomic E-state index is 5.07. The molecular weight excluding hydrogens is 252 g/mol. The van der Waals surface area contributed by atoms with Crippen molar-refractivity contribution in [3.05, 3.63) is 59.7 Å². The van der Waals surface area contributed by atoms with E-state index in [1.54, 1.807) is 12.1 Å². The number of rotatable bonds is 2. The number of hydrogen-bond acceptors (Lipinski definition) is 4. The van der Waals surface area contributed by atoms with Gasteiger partial charge in [-0.05, 0) is 24.3 Å². The van der Waals surface area contributed by atoms with Crippen molar-refractivity contribution >= 4 is 11.4 Å². The second kappa shape index (κ2) is 6.66. The first-order valence-corrected chi connectivity index (χ1v) is 5.77. The monoisotopic (exact) mass is 264 g/mol. The maximum absolute atomic E-state index is 5.07. The van der Waals surface area contributed by atoms with Gasteiger partial charge in [0.1, 0.15) is 11.4 Å². The first-order valence-electron chi connectivity index (χ1n) is 5.77. The molecule has 98 valence electrons. The summed E-state index contributed by atoms with van der Waals surface area (Å²) in [6.45, 7) is 0. The van der Waals surface area contributed by atoms with Gasteiger partial charge in [-0.1, -0.05) is 46.6 Å². The predicted octanol–water partition coefficient (Wildman–Crippen LogP) is 3.00. The molecule has 2 aromatic carbocycles. The molecule has 0 fully saturated rings. The van der Waals surface area contributed by atoms with E-state index in [0.717, 1.165) is 11.1 Å². The molecule has 4 N–H and O–H groups in total. The Morgan fingerprint density at radius 1 is 0.650 bits per heavy atom. The zero-order valence-corrected chi connectivity index (χ0v) is 10.6. The molecule has 0 heterocycles. The van der Waals surface area contributed by atoms with E-state index >= 15 is 0 Å². The topological polar surface area (TPSA) is 101 Å². The molecule has 0 aliphatic rings. The van der Waals surface area contributed by atoms with Crippen LogP contribution in [0.15, 0.2) is 69.2 Å². The van der Waals surface area contributed by atoms with E-state index in [2.05, 4.69) is 32.5 Å². The van der Waals surface area contributed by atoms with Crippen molar-refractivity contribution in [2.45, 2.75) is 0 Å². The highest BCUT2D eigenvalue weighted by Gasteiger charge is 1.99. The average molecular weight is 264 g/mol. The molecule has 2 rings (SSSR count). The first-order chi connectivity index (χ1) is 9.85. The highest BCUT2D eigenvalue weighted by atomic mass is 15.3. The number of nitrogens with zero attached hydrogens (tertiary/aromatic N) is 4. The lowest BCUT2D eigenvalue weighted by atomic mass is 10.1. The minimum Gasteiger partial charge on any atom is -0.305 e. The third-order valence-corrected chi connectivity index (χ3v) is 2.47. The van der Waals surface area contributed by atoms with Crippen molar-refractivity contribution in [3.8, 4) is 11.8 Å². The van der Waals surface area contributed by atoms with E-state index in [4.69, 9.17) is 11.7 Å². The average Bonchev–Trinajstić information content (AvgIpc) is 2.48. The van der Waals surface area contributed by atoms with Crippen LogP contribution >= 0.6 is 0 Å². The smallest absolute Gasteiger partial charge is 0.103 e. The van der Waals surface area contributed by atoms with Crippen LogP contribution in [0.2, 0.25) is 0 Å². The Morgan fingerprint density at radius 2 is 1.05 bits per heavy atom. The van der Waals surface area contributed by atoms with Crippen molar-refractivity contribution in [2.75, 3.05) is 0 Å². The molecule has 0 spiro atoms. The minimum atomic E-state index is 0.612. The van der Waals surface area contributed by atoms with E-state index in [1.807, 2.05) is 36.4 Å². The molecule has 2 aromatic rings. The zero-order chi connectivity index (χ0) is 14.2. The molecule has 20 heavy (non-hydrogen) atoms. The van der Waals surface area contributed by atoms with Crippen LogP contribution in [0.4, 0.5) is 11.4 Å². The van der Waals surface area contributed by atoms with Gasteiger partial charge in [0.2, 0.25) is 0 Å². The molecule has 0 saturated heterocycles. The van der Waals surface area contributed by atoms with Crippen molar-refractivity contribution in [1.82, 2.24) is 0 Å². The SMILES string of the molecule is NN=Nc1ccccc1C#Cc1ccccc1N=NN. The van der Waals surface area contributed by atoms with Crippen molar-refractivity contribution in [2.24, 2.45) is 32.4 Å². The second-order valence-corrected chi connectivity index (χ2v) is 3.72. The highest BCUT2D eigenvalue weighted by molar-refractivity contribution is 5.60. The number of hydrogen-bond donors (Lipinski definition) is 2. The normalized spacial score (nSPS) is 10.6. The molecule has 0 amide bonds. The van der Waals surface area contributed by atoms with E-state index in [-0.39, 0.29) is 0 Å². The fourth-order valence-electron chi connectivity index (χ4n) is 1.59. The largest absolute Gasteiger partial charge is 0.305 e. The van der Waals surface area contributed by atoms with Gasteiger partial charge in [-0.15, -0.1) is 10.2 Å². The second-order valence-electron chi connectivity index (χ2n) is 3.72. The molecular formula is C14H12N6. The lowest BCUT2D eigenvalue weighted by Crippen LogP contribution is -1.81. The van der Waals surface area contributed by atoms with Crippen LogP contribution in [-0.4, -0.2) is 0 Å². The molecule has 6 heteroatoms. The molecule has 0 aliphatic carbocycles. The highest BCUT2D eigenvalue weighted by Crippen LogP contribution is 2.20. The number of benzene rings is 2. The molecule has 0 bridgehead atoms. The summed E-state index contributed by atoms with van der Waals surface area (Å²) in [6, 6.07) is 14.7. The summed E-state index contributed by atoms with van der Waals surface area (Å²) in [5, 5.41) is 14.2. The van der Waals surface area contributed by atoms with Gasteiger partial charge < -0.3 is 11.7 Å². The van der Waals surface area contributed by atoms with Gasteiger partial charge in [0.15, 0.2) is 0 Å². The van der Waals surface area contributed by atoms with Crippen molar-refractivity contribution in [1.29, 1.82) is 0 Å². The summed E-state index contributed by atoms with van der Waals surface area (Å²) in [6.07, 6.45) is 0. The van der Waals surface area contributed by atoms with Gasteiger partial charge in [-0.25, -0.2) is 0 Å². The van der Waals surface area contributed by atoms with Gasteiger partial charge in [0.25, 0.3) is 0 Å². The Morgan fingerprint density at radius 3 is 1.45 bits per heavy atom. The Bertz CT molecular complexity index is 649. The fourth-order valence-corrected chi connectivity index (χ4v) is 1.59. The van der Waals surface area contributed by atoms with Gasteiger partial charge in [0.05, 0.1) is 11.1 Å². The Hall–Kier alpha value is -3.20. The third-order valence-electron chi connectivity index (χ3n) is 2.47. The summed E-state index contributed by atoms with van der Waals surface area (Å²) in [5.74, 6) is 16.2. The Labute approximate surface area is 116 Å². The van der Waals surface area contributed by atoms with Crippen LogP contribution in [0.25, 0.3) is 0 Å². The van der Waals surface area contributed by atoms with Crippen LogP contribution in [0.3, 0.4) is 0 Å². The molecule has 0 unspecified atom stereocenters. The van der Waals surface area contributed by atoms with E-state index in [0.29, 0.717) is 11.4 Å². The summed E-state index contributed by atoms with van der Waals surface area (Å²) >= 11 is 0. The lowest BCUT2D eigenvalue weighted by molar-refractivity contribution is 1.06. The Kier molecular flexibility index (Phi) is 4.41. The zero-order valence-electron chi connectivity index (χ0n) is 10.6. The van der Waals surface area contributed by atoms with Crippen LogP contribution < -0.4 is 11.7 Å². The van der Waals surface area contributed by atoms with Gasteiger partial charge in [-0.3, -0.25) is 0 Å². The standard InChI is InChI=1S/C14H12N6/c15-19-17-13-7-3-1-5-11(13)9-10-12-6-2-4-8-14(12)18-20-16/h1-8H,(H2,15,17)(H2,16,18). The maximum Gasteiger partial charge on any atom is 0.103 e. The number of nitrogens with two attached hydrogens (primary N) is 2. The van der Waals surface area contributed by atoms with E-state index in [9.17, 15) is 0 Å². The summed E-state index contributed by atoms with van der Waals surface area (Å²) < 4.78 is 0. The van der Waals surface area contributed by atoms with Crippen LogP contribution in [0.5, 0.6) is 0 Å². The van der Waals surface area contributed by atoms with Gasteiger partial charge >= 0.3 is 0 Å². The van der Waals surface area contributed by atoms with Crippen LogP contribution in [0, 0.1) is 11.8 Å².